The first-order chi connectivity index (χ1) is 10.2. The molecule has 2 N–H and O–H groups in total. The van der Waals surface area contributed by atoms with E-state index in [1.165, 1.54) is 25.7 Å². The van der Waals surface area contributed by atoms with Gasteiger partial charge in [-0.3, -0.25) is 10.1 Å². The van der Waals surface area contributed by atoms with E-state index in [1.807, 2.05) is 0 Å². The molecule has 2 aliphatic carbocycles. The van der Waals surface area contributed by atoms with Gasteiger partial charge in [0.1, 0.15) is 5.82 Å². The van der Waals surface area contributed by atoms with E-state index >= 15 is 0 Å². The van der Waals surface area contributed by atoms with Crippen molar-refractivity contribution in [1.29, 1.82) is 0 Å². The standard InChI is InChI=1S/C15H22N4O2/c1-2-9-16-13-8-7-12(19(20)21)15(17-13)18-14(10-3-4-10)11-5-6-11/h7-8,10-11,14H,2-6,9H2,1H3,(H2,16,17,18). The van der Waals surface area contributed by atoms with Crippen LogP contribution in [0.4, 0.5) is 17.3 Å². The highest BCUT2D eigenvalue weighted by molar-refractivity contribution is 5.61. The normalized spacial score (nSPS) is 17.8. The van der Waals surface area contributed by atoms with Crippen LogP contribution in [0.15, 0.2) is 12.1 Å². The molecule has 114 valence electrons. The van der Waals surface area contributed by atoms with E-state index < -0.39 is 0 Å². The van der Waals surface area contributed by atoms with Gasteiger partial charge < -0.3 is 10.6 Å². The largest absolute Gasteiger partial charge is 0.370 e. The molecular weight excluding hydrogens is 268 g/mol. The van der Waals surface area contributed by atoms with Gasteiger partial charge in [0, 0.05) is 18.7 Å². The Morgan fingerprint density at radius 1 is 1.33 bits per heavy atom. The Balaban J connectivity index is 1.80. The first kappa shape index (κ1) is 14.1. The third kappa shape index (κ3) is 3.43. The lowest BCUT2D eigenvalue weighted by Crippen LogP contribution is -2.25. The quantitative estimate of drug-likeness (QED) is 0.566. The molecular formula is C15H22N4O2. The van der Waals surface area contributed by atoms with Gasteiger partial charge in [0.2, 0.25) is 5.82 Å². The Bertz CT molecular complexity index is 514. The second kappa shape index (κ2) is 5.87. The number of hydrogen-bond donors (Lipinski definition) is 2. The van der Waals surface area contributed by atoms with Gasteiger partial charge in [0.15, 0.2) is 0 Å². The summed E-state index contributed by atoms with van der Waals surface area (Å²) in [5.41, 5.74) is 0.0725. The molecule has 0 unspecified atom stereocenters. The summed E-state index contributed by atoms with van der Waals surface area (Å²) in [7, 11) is 0. The van der Waals surface area contributed by atoms with Crippen molar-refractivity contribution < 1.29 is 4.92 Å². The highest BCUT2D eigenvalue weighted by Crippen LogP contribution is 2.46. The summed E-state index contributed by atoms with van der Waals surface area (Å²) >= 11 is 0. The van der Waals surface area contributed by atoms with Gasteiger partial charge in [-0.25, -0.2) is 4.98 Å². The van der Waals surface area contributed by atoms with Crippen LogP contribution in [0.5, 0.6) is 0 Å². The zero-order chi connectivity index (χ0) is 14.8. The van der Waals surface area contributed by atoms with Crippen molar-refractivity contribution in [3.63, 3.8) is 0 Å². The van der Waals surface area contributed by atoms with E-state index in [4.69, 9.17) is 0 Å². The zero-order valence-corrected chi connectivity index (χ0v) is 12.3. The van der Waals surface area contributed by atoms with E-state index in [0.29, 0.717) is 29.5 Å². The Labute approximate surface area is 124 Å². The fourth-order valence-corrected chi connectivity index (χ4v) is 2.75. The molecule has 2 aliphatic rings. The first-order valence-corrected chi connectivity index (χ1v) is 7.85. The molecule has 1 aromatic heterocycles. The maximum atomic E-state index is 11.2. The van der Waals surface area contributed by atoms with Crippen LogP contribution in [-0.4, -0.2) is 22.5 Å². The zero-order valence-electron chi connectivity index (χ0n) is 12.3. The molecule has 0 amide bonds. The molecule has 6 heteroatoms. The number of rotatable bonds is 8. The van der Waals surface area contributed by atoms with Crippen molar-refractivity contribution in [1.82, 2.24) is 4.98 Å². The summed E-state index contributed by atoms with van der Waals surface area (Å²) in [6.07, 6.45) is 5.92. The minimum atomic E-state index is -0.351. The average molecular weight is 290 g/mol. The molecule has 0 atom stereocenters. The Morgan fingerprint density at radius 3 is 2.52 bits per heavy atom. The van der Waals surface area contributed by atoms with E-state index in [0.717, 1.165) is 13.0 Å². The Hall–Kier alpha value is -1.85. The summed E-state index contributed by atoms with van der Waals surface area (Å²) in [4.78, 5) is 15.3. The lowest BCUT2D eigenvalue weighted by Gasteiger charge is -2.18. The van der Waals surface area contributed by atoms with Gasteiger partial charge in [-0.2, -0.15) is 0 Å². The number of hydrogen-bond acceptors (Lipinski definition) is 5. The molecule has 2 saturated carbocycles. The Kier molecular flexibility index (Phi) is 3.94. The van der Waals surface area contributed by atoms with Gasteiger partial charge in [-0.1, -0.05) is 6.92 Å². The summed E-state index contributed by atoms with van der Waals surface area (Å²) in [6.45, 7) is 2.90. The molecule has 0 radical (unpaired) electrons. The number of nitrogens with one attached hydrogen (secondary N) is 2. The lowest BCUT2D eigenvalue weighted by molar-refractivity contribution is -0.384. The Morgan fingerprint density at radius 2 is 2.00 bits per heavy atom. The average Bonchev–Trinajstić information content (AvgIpc) is 3.36. The summed E-state index contributed by atoms with van der Waals surface area (Å²) in [5, 5.41) is 17.8. The highest BCUT2D eigenvalue weighted by Gasteiger charge is 2.42. The molecule has 21 heavy (non-hydrogen) atoms. The fraction of sp³-hybridized carbons (Fsp3) is 0.667. The summed E-state index contributed by atoms with van der Waals surface area (Å²) < 4.78 is 0. The van der Waals surface area contributed by atoms with Gasteiger partial charge in [0.25, 0.3) is 0 Å². The lowest BCUT2D eigenvalue weighted by atomic mass is 10.1. The number of pyridine rings is 1. The van der Waals surface area contributed by atoms with Gasteiger partial charge in [-0.15, -0.1) is 0 Å². The smallest absolute Gasteiger partial charge is 0.311 e. The monoisotopic (exact) mass is 290 g/mol. The molecule has 0 aromatic carbocycles. The maximum absolute atomic E-state index is 11.2. The topological polar surface area (TPSA) is 80.1 Å². The number of anilines is 2. The third-order valence-electron chi connectivity index (χ3n) is 4.19. The predicted molar refractivity (Wildman–Crippen MR) is 82.5 cm³/mol. The van der Waals surface area contributed by atoms with Crippen LogP contribution < -0.4 is 10.6 Å². The van der Waals surface area contributed by atoms with Gasteiger partial charge >= 0.3 is 5.69 Å². The van der Waals surface area contributed by atoms with Gasteiger partial charge in [-0.05, 0) is 50.0 Å². The fourth-order valence-electron chi connectivity index (χ4n) is 2.75. The summed E-state index contributed by atoms with van der Waals surface area (Å²) in [5.74, 6) is 2.47. The first-order valence-electron chi connectivity index (χ1n) is 7.85. The second-order valence-electron chi connectivity index (χ2n) is 6.09. The van der Waals surface area contributed by atoms with E-state index in [9.17, 15) is 10.1 Å². The minimum Gasteiger partial charge on any atom is -0.370 e. The van der Waals surface area contributed by atoms with Crippen molar-refractivity contribution in [2.24, 2.45) is 11.8 Å². The van der Waals surface area contributed by atoms with Crippen molar-refractivity contribution in [2.75, 3.05) is 17.2 Å². The highest BCUT2D eigenvalue weighted by atomic mass is 16.6. The number of nitrogens with zero attached hydrogens (tertiary/aromatic N) is 2. The third-order valence-corrected chi connectivity index (χ3v) is 4.19. The molecule has 0 saturated heterocycles. The van der Waals surface area contributed by atoms with E-state index in [-0.39, 0.29) is 10.6 Å². The predicted octanol–water partition coefficient (Wildman–Crippen LogP) is 3.41. The minimum absolute atomic E-state index is 0.0725. The van der Waals surface area contributed by atoms with E-state index in [1.54, 1.807) is 12.1 Å². The van der Waals surface area contributed by atoms with E-state index in [2.05, 4.69) is 22.5 Å². The second-order valence-corrected chi connectivity index (χ2v) is 6.09. The van der Waals surface area contributed by atoms with Crippen molar-refractivity contribution >= 4 is 17.3 Å². The molecule has 0 aliphatic heterocycles. The van der Waals surface area contributed by atoms with Crippen LogP contribution in [0.2, 0.25) is 0 Å². The van der Waals surface area contributed by atoms with Crippen LogP contribution in [0.25, 0.3) is 0 Å². The van der Waals surface area contributed by atoms with Crippen LogP contribution >= 0.6 is 0 Å². The maximum Gasteiger partial charge on any atom is 0.311 e. The van der Waals surface area contributed by atoms with Crippen molar-refractivity contribution in [3.8, 4) is 0 Å². The molecule has 2 fully saturated rings. The van der Waals surface area contributed by atoms with Gasteiger partial charge in [0.05, 0.1) is 4.92 Å². The molecule has 6 nitrogen and oxygen atoms in total. The molecule has 0 spiro atoms. The van der Waals surface area contributed by atoms with Crippen LogP contribution in [-0.2, 0) is 0 Å². The number of nitro groups is 1. The van der Waals surface area contributed by atoms with Crippen molar-refractivity contribution in [3.05, 3.63) is 22.2 Å². The van der Waals surface area contributed by atoms with Crippen molar-refractivity contribution in [2.45, 2.75) is 45.1 Å². The molecule has 1 heterocycles. The van der Waals surface area contributed by atoms with Crippen LogP contribution in [0, 0.1) is 22.0 Å². The number of aromatic nitrogens is 1. The van der Waals surface area contributed by atoms with Crippen LogP contribution in [0.3, 0.4) is 0 Å². The molecule has 1 aromatic rings. The molecule has 3 rings (SSSR count). The SMILES string of the molecule is CCCNc1ccc([N+](=O)[O-])c(NC(C2CC2)C2CC2)n1. The van der Waals surface area contributed by atoms with Crippen LogP contribution in [0.1, 0.15) is 39.0 Å². The molecule has 0 bridgehead atoms. The summed E-state index contributed by atoms with van der Waals surface area (Å²) in [6, 6.07) is 3.59.